The zero-order valence-corrected chi connectivity index (χ0v) is 13.5. The van der Waals surface area contributed by atoms with E-state index in [0.29, 0.717) is 0 Å². The van der Waals surface area contributed by atoms with Crippen LogP contribution in [0.4, 0.5) is 0 Å². The Kier molecular flexibility index (Phi) is 4.49. The minimum absolute atomic E-state index is 0.0186. The van der Waals surface area contributed by atoms with Gasteiger partial charge in [-0.25, -0.2) is 0 Å². The van der Waals surface area contributed by atoms with E-state index in [2.05, 4.69) is 0 Å². The van der Waals surface area contributed by atoms with Crippen molar-refractivity contribution in [3.63, 3.8) is 0 Å². The van der Waals surface area contributed by atoms with Crippen molar-refractivity contribution < 1.29 is 45.0 Å². The summed E-state index contributed by atoms with van der Waals surface area (Å²) < 4.78 is 16.9. The van der Waals surface area contributed by atoms with Gasteiger partial charge in [-0.1, -0.05) is 0 Å². The number of ketones is 1. The van der Waals surface area contributed by atoms with Crippen LogP contribution in [0.5, 0.6) is 0 Å². The number of fused-ring (bicyclic) bond motifs is 2. The Morgan fingerprint density at radius 3 is 2.35 bits per heavy atom. The fourth-order valence-electron chi connectivity index (χ4n) is 3.86. The number of ether oxygens (including phenoxy) is 3. The summed E-state index contributed by atoms with van der Waals surface area (Å²) in [5.41, 5.74) is 0. The second kappa shape index (κ2) is 6.01. The van der Waals surface area contributed by atoms with Gasteiger partial charge >= 0.3 is 0 Å². The third-order valence-electron chi connectivity index (χ3n) is 5.14. The molecule has 0 radical (unpaired) electrons. The van der Waals surface area contributed by atoms with Gasteiger partial charge in [-0.2, -0.15) is 0 Å². The summed E-state index contributed by atoms with van der Waals surface area (Å²) in [6.07, 6.45) is -5.20. The third-order valence-corrected chi connectivity index (χ3v) is 5.14. The Balaban J connectivity index is 1.92. The molecule has 23 heavy (non-hydrogen) atoms. The lowest BCUT2D eigenvalue weighted by molar-refractivity contribution is -0.731. The predicted molar refractivity (Wildman–Crippen MR) is 73.9 cm³/mol. The van der Waals surface area contributed by atoms with Gasteiger partial charge in [-0.3, -0.25) is 4.79 Å². The second-order valence-corrected chi connectivity index (χ2v) is 6.59. The highest BCUT2D eigenvalue weighted by atomic mass is 16.8. The van der Waals surface area contributed by atoms with Crippen LogP contribution in [0.15, 0.2) is 0 Å². The van der Waals surface area contributed by atoms with E-state index in [0.717, 1.165) is 0 Å². The van der Waals surface area contributed by atoms with Gasteiger partial charge < -0.3 is 40.2 Å². The molecule has 0 aromatic rings. The molecule has 0 amide bonds. The monoisotopic (exact) mass is 334 g/mol. The molecule has 3 aliphatic rings. The zero-order valence-electron chi connectivity index (χ0n) is 13.5. The molecule has 3 rings (SSSR count). The maximum atomic E-state index is 12.2. The molecule has 3 fully saturated rings. The van der Waals surface area contributed by atoms with Gasteiger partial charge in [-0.05, 0) is 6.92 Å². The molecule has 2 heterocycles. The molecule has 0 bridgehead atoms. The van der Waals surface area contributed by atoms with Crippen LogP contribution in [-0.4, -0.2) is 89.9 Å². The number of carbonyl (C=O) groups is 1. The van der Waals surface area contributed by atoms with E-state index in [1.165, 1.54) is 0 Å². The van der Waals surface area contributed by atoms with Crippen molar-refractivity contribution in [2.75, 3.05) is 14.1 Å². The number of hydrogen-bond donors (Lipinski definition) is 5. The number of quaternary nitrogens is 2. The largest absolute Gasteiger partial charge is 0.384 e. The van der Waals surface area contributed by atoms with E-state index >= 15 is 0 Å². The smallest absolute Gasteiger partial charge is 0.280 e. The Hall–Kier alpha value is -0.650. The minimum atomic E-state index is -2.20. The quantitative estimate of drug-likeness (QED) is 0.341. The van der Waals surface area contributed by atoms with Crippen LogP contribution in [0.2, 0.25) is 0 Å². The Morgan fingerprint density at radius 2 is 1.74 bits per heavy atom. The SMILES string of the molecule is C[NH2+][C@H]1[C@@H](O)[C@H]2O[C@@H]3O[C@@H](C)CC(=O)[C@@]3(O)O[C@H]2[C@@H]([NH2+]C)[C@H]1O. The van der Waals surface area contributed by atoms with Crippen molar-refractivity contribution in [3.8, 4) is 0 Å². The van der Waals surface area contributed by atoms with Crippen LogP contribution in [0, 0.1) is 0 Å². The average molecular weight is 334 g/mol. The van der Waals surface area contributed by atoms with Crippen LogP contribution in [0.1, 0.15) is 13.3 Å². The topological polar surface area (TPSA) is 139 Å². The molecule has 9 nitrogen and oxygen atoms in total. The maximum Gasteiger partial charge on any atom is 0.280 e. The molecule has 132 valence electrons. The fourth-order valence-corrected chi connectivity index (χ4v) is 3.86. The van der Waals surface area contributed by atoms with Crippen molar-refractivity contribution in [2.45, 2.75) is 68.0 Å². The molecule has 0 spiro atoms. The number of aliphatic hydroxyl groups is 3. The first-order chi connectivity index (χ1) is 10.8. The summed E-state index contributed by atoms with van der Waals surface area (Å²) in [4.78, 5) is 12.2. The highest BCUT2D eigenvalue weighted by molar-refractivity contribution is 5.87. The summed E-state index contributed by atoms with van der Waals surface area (Å²) >= 11 is 0. The van der Waals surface area contributed by atoms with Crippen molar-refractivity contribution in [3.05, 3.63) is 0 Å². The molecular weight excluding hydrogens is 308 g/mol. The molecule has 9 heteroatoms. The van der Waals surface area contributed by atoms with Crippen molar-refractivity contribution in [1.82, 2.24) is 0 Å². The van der Waals surface area contributed by atoms with Gasteiger partial charge in [0, 0.05) is 6.42 Å². The summed E-state index contributed by atoms with van der Waals surface area (Å²) in [7, 11) is 3.52. The van der Waals surface area contributed by atoms with E-state index in [1.807, 2.05) is 0 Å². The Labute approximate surface area is 133 Å². The molecule has 0 aromatic heterocycles. The van der Waals surface area contributed by atoms with E-state index < -0.39 is 60.5 Å². The Morgan fingerprint density at radius 1 is 1.09 bits per heavy atom. The lowest BCUT2D eigenvalue weighted by Gasteiger charge is -2.53. The first kappa shape index (κ1) is 17.2. The standard InChI is InChI=1S/C14H24N2O7/c1-5-4-6(17)14(20)13(21-5)22-12-10(19)7(15-2)9(18)8(16-3)11(12)23-14/h5,7-13,15-16,18-20H,4H2,1-3H3/p+2/t5-,7+,8-,9-,10+,11-,12+,13-,14+/m0/s1. The summed E-state index contributed by atoms with van der Waals surface area (Å²) in [6, 6.07) is -0.981. The van der Waals surface area contributed by atoms with E-state index in [-0.39, 0.29) is 6.42 Å². The van der Waals surface area contributed by atoms with Crippen LogP contribution < -0.4 is 10.6 Å². The van der Waals surface area contributed by atoms with Gasteiger partial charge in [0.1, 0.15) is 30.4 Å². The van der Waals surface area contributed by atoms with E-state index in [9.17, 15) is 20.1 Å². The number of aliphatic hydroxyl groups excluding tert-OH is 2. The summed E-state index contributed by atoms with van der Waals surface area (Å²) in [6.45, 7) is 1.71. The number of carbonyl (C=O) groups excluding carboxylic acids is 1. The first-order valence-electron chi connectivity index (χ1n) is 8.03. The summed E-state index contributed by atoms with van der Waals surface area (Å²) in [5, 5.41) is 35.1. The second-order valence-electron chi connectivity index (χ2n) is 6.59. The van der Waals surface area contributed by atoms with Gasteiger partial charge in [-0.15, -0.1) is 0 Å². The van der Waals surface area contributed by atoms with Crippen molar-refractivity contribution in [2.24, 2.45) is 0 Å². The van der Waals surface area contributed by atoms with Crippen LogP contribution in [-0.2, 0) is 19.0 Å². The number of likely N-dealkylation sites (N-methyl/N-ethyl adjacent to an activating group) is 2. The number of Topliss-reactive ketones (excluding diaryl/α,β-unsaturated/α-hetero) is 1. The number of nitrogens with two attached hydrogens (primary N) is 2. The molecule has 2 aliphatic heterocycles. The fraction of sp³-hybridized carbons (Fsp3) is 0.929. The lowest BCUT2D eigenvalue weighted by Crippen LogP contribution is -3.03. The third kappa shape index (κ3) is 2.52. The molecule has 1 saturated carbocycles. The van der Waals surface area contributed by atoms with Crippen molar-refractivity contribution >= 4 is 5.78 Å². The molecule has 2 saturated heterocycles. The average Bonchev–Trinajstić information content (AvgIpc) is 2.49. The predicted octanol–water partition coefficient (Wildman–Crippen LogP) is -4.98. The van der Waals surface area contributed by atoms with Crippen LogP contribution >= 0.6 is 0 Å². The highest BCUT2D eigenvalue weighted by Crippen LogP contribution is 2.39. The zero-order chi connectivity index (χ0) is 16.9. The summed E-state index contributed by atoms with van der Waals surface area (Å²) in [5.74, 6) is -2.71. The normalized spacial score (nSPS) is 53.6. The number of hydrogen-bond acceptors (Lipinski definition) is 7. The lowest BCUT2D eigenvalue weighted by atomic mass is 9.80. The Bertz CT molecular complexity index is 478. The van der Waals surface area contributed by atoms with E-state index in [1.54, 1.807) is 31.7 Å². The molecule has 0 unspecified atom stereocenters. The van der Waals surface area contributed by atoms with Gasteiger partial charge in [0.25, 0.3) is 5.79 Å². The van der Waals surface area contributed by atoms with Gasteiger partial charge in [0.15, 0.2) is 11.9 Å². The van der Waals surface area contributed by atoms with Gasteiger partial charge in [0.2, 0.25) is 6.29 Å². The van der Waals surface area contributed by atoms with Crippen LogP contribution in [0.25, 0.3) is 0 Å². The van der Waals surface area contributed by atoms with Crippen LogP contribution in [0.3, 0.4) is 0 Å². The molecule has 1 aliphatic carbocycles. The molecule has 7 N–H and O–H groups in total. The molecular formula is C14H26N2O7+2. The minimum Gasteiger partial charge on any atom is -0.384 e. The highest BCUT2D eigenvalue weighted by Gasteiger charge is 2.65. The molecule has 0 aromatic carbocycles. The van der Waals surface area contributed by atoms with Crippen molar-refractivity contribution in [1.29, 1.82) is 0 Å². The first-order valence-corrected chi connectivity index (χ1v) is 8.03. The number of rotatable bonds is 2. The molecule has 9 atom stereocenters. The maximum absolute atomic E-state index is 12.2. The van der Waals surface area contributed by atoms with E-state index in [4.69, 9.17) is 14.2 Å². The van der Waals surface area contributed by atoms with Gasteiger partial charge in [0.05, 0.1) is 20.2 Å².